The molecule has 1 unspecified atom stereocenters. The van der Waals surface area contributed by atoms with Crippen LogP contribution in [-0.4, -0.2) is 28.7 Å². The monoisotopic (exact) mass is 267 g/mol. The number of amides is 1. The zero-order valence-corrected chi connectivity index (χ0v) is 13.3. The molecule has 1 saturated heterocycles. The molecule has 0 spiro atoms. The van der Waals surface area contributed by atoms with E-state index < -0.39 is 5.60 Å². The summed E-state index contributed by atoms with van der Waals surface area (Å²) < 4.78 is 5.58. The van der Waals surface area contributed by atoms with Crippen molar-refractivity contribution in [2.45, 2.75) is 78.5 Å². The van der Waals surface area contributed by atoms with Gasteiger partial charge in [-0.15, -0.1) is 6.58 Å². The zero-order chi connectivity index (χ0) is 14.8. The van der Waals surface area contributed by atoms with E-state index in [1.165, 1.54) is 0 Å². The van der Waals surface area contributed by atoms with Crippen LogP contribution in [0.4, 0.5) is 4.79 Å². The summed E-state index contributed by atoms with van der Waals surface area (Å²) in [6.07, 6.45) is 4.63. The molecule has 0 aliphatic carbocycles. The van der Waals surface area contributed by atoms with Gasteiger partial charge in [-0.3, -0.25) is 0 Å². The Labute approximate surface area is 118 Å². The molecule has 0 radical (unpaired) electrons. The molecule has 1 rings (SSSR count). The predicted octanol–water partition coefficient (Wildman–Crippen LogP) is 4.38. The van der Waals surface area contributed by atoms with Crippen LogP contribution >= 0.6 is 0 Å². The molecule has 3 heteroatoms. The first-order valence-corrected chi connectivity index (χ1v) is 7.18. The molecule has 1 heterocycles. The lowest BCUT2D eigenvalue weighted by Crippen LogP contribution is -2.48. The highest BCUT2D eigenvalue weighted by molar-refractivity contribution is 5.69. The maximum absolute atomic E-state index is 12.5. The number of carbonyl (C=O) groups is 1. The van der Waals surface area contributed by atoms with Gasteiger partial charge < -0.3 is 9.64 Å². The van der Waals surface area contributed by atoms with Crippen molar-refractivity contribution in [1.29, 1.82) is 0 Å². The van der Waals surface area contributed by atoms with Gasteiger partial charge in [-0.2, -0.15) is 0 Å². The van der Waals surface area contributed by atoms with E-state index in [1.807, 2.05) is 31.7 Å². The first-order valence-electron chi connectivity index (χ1n) is 7.18. The van der Waals surface area contributed by atoms with E-state index >= 15 is 0 Å². The number of likely N-dealkylation sites (tertiary alicyclic amines) is 1. The van der Waals surface area contributed by atoms with Crippen molar-refractivity contribution in [2.75, 3.05) is 0 Å². The maximum Gasteiger partial charge on any atom is 0.410 e. The number of hydrogen-bond donors (Lipinski definition) is 0. The molecule has 1 aliphatic heterocycles. The smallest absolute Gasteiger partial charge is 0.410 e. The fraction of sp³-hybridized carbons (Fsp3) is 0.812. The van der Waals surface area contributed by atoms with E-state index in [4.69, 9.17) is 4.74 Å². The van der Waals surface area contributed by atoms with Gasteiger partial charge in [-0.1, -0.05) is 26.8 Å². The van der Waals surface area contributed by atoms with Gasteiger partial charge in [0.25, 0.3) is 0 Å². The second kappa shape index (κ2) is 5.56. The molecule has 3 nitrogen and oxygen atoms in total. The summed E-state index contributed by atoms with van der Waals surface area (Å²) >= 11 is 0. The third-order valence-electron chi connectivity index (χ3n) is 3.55. The normalized spacial score (nSPS) is 24.4. The minimum absolute atomic E-state index is 0.0762. The largest absolute Gasteiger partial charge is 0.444 e. The van der Waals surface area contributed by atoms with Crippen molar-refractivity contribution in [1.82, 2.24) is 4.90 Å². The van der Waals surface area contributed by atoms with Crippen molar-refractivity contribution in [2.24, 2.45) is 5.41 Å². The maximum atomic E-state index is 12.5. The van der Waals surface area contributed by atoms with Gasteiger partial charge in [0.1, 0.15) is 5.60 Å². The highest BCUT2D eigenvalue weighted by Crippen LogP contribution is 2.38. The molecule has 0 saturated carbocycles. The number of carbonyl (C=O) groups excluding carboxylic acids is 1. The Morgan fingerprint density at radius 2 is 1.84 bits per heavy atom. The SMILES string of the molecule is C=CCC1CC[C@@H](C(C)(C)C)N1C(=O)OC(C)(C)C. The standard InChI is InChI=1S/C16H29NO2/c1-8-9-12-10-11-13(15(2,3)4)17(12)14(18)19-16(5,6)7/h8,12-13H,1,9-11H2,2-7H3/t12?,13-/m0/s1. The Morgan fingerprint density at radius 1 is 1.26 bits per heavy atom. The molecule has 1 fully saturated rings. The Hall–Kier alpha value is -0.990. The molecular weight excluding hydrogens is 238 g/mol. The fourth-order valence-electron chi connectivity index (χ4n) is 2.75. The van der Waals surface area contributed by atoms with Crippen LogP contribution in [-0.2, 0) is 4.74 Å². The average molecular weight is 267 g/mol. The van der Waals surface area contributed by atoms with Crippen molar-refractivity contribution < 1.29 is 9.53 Å². The minimum Gasteiger partial charge on any atom is -0.444 e. The molecule has 0 aromatic carbocycles. The van der Waals surface area contributed by atoms with Crippen molar-refractivity contribution >= 4 is 6.09 Å². The Bertz CT molecular complexity index is 336. The quantitative estimate of drug-likeness (QED) is 0.695. The summed E-state index contributed by atoms with van der Waals surface area (Å²) in [5.74, 6) is 0. The number of ether oxygens (including phenoxy) is 1. The first-order chi connectivity index (χ1) is 8.56. The second-order valence-corrected chi connectivity index (χ2v) is 7.52. The third-order valence-corrected chi connectivity index (χ3v) is 3.55. The van der Waals surface area contributed by atoms with Gasteiger partial charge in [0, 0.05) is 12.1 Å². The first kappa shape index (κ1) is 16.1. The number of nitrogens with zero attached hydrogens (tertiary/aromatic N) is 1. The summed E-state index contributed by atoms with van der Waals surface area (Å²) in [7, 11) is 0. The van der Waals surface area contributed by atoms with Crippen molar-refractivity contribution in [3.05, 3.63) is 12.7 Å². The van der Waals surface area contributed by atoms with E-state index in [-0.39, 0.29) is 23.6 Å². The Morgan fingerprint density at radius 3 is 2.26 bits per heavy atom. The van der Waals surface area contributed by atoms with Crippen LogP contribution < -0.4 is 0 Å². The molecular formula is C16H29NO2. The van der Waals surface area contributed by atoms with Gasteiger partial charge in [0.15, 0.2) is 0 Å². The van der Waals surface area contributed by atoms with E-state index in [1.54, 1.807) is 0 Å². The van der Waals surface area contributed by atoms with E-state index in [2.05, 4.69) is 27.4 Å². The average Bonchev–Trinajstić information content (AvgIpc) is 2.58. The van der Waals surface area contributed by atoms with Crippen LogP contribution in [0, 0.1) is 5.41 Å². The lowest BCUT2D eigenvalue weighted by Gasteiger charge is -2.38. The van der Waals surface area contributed by atoms with Gasteiger partial charge in [0.05, 0.1) is 0 Å². The molecule has 19 heavy (non-hydrogen) atoms. The van der Waals surface area contributed by atoms with Crippen LogP contribution in [0.25, 0.3) is 0 Å². The van der Waals surface area contributed by atoms with Gasteiger partial charge in [0.2, 0.25) is 0 Å². The van der Waals surface area contributed by atoms with Crippen molar-refractivity contribution in [3.63, 3.8) is 0 Å². The van der Waals surface area contributed by atoms with Crippen LogP contribution in [0.3, 0.4) is 0 Å². The molecule has 1 aliphatic rings. The van der Waals surface area contributed by atoms with Crippen LogP contribution in [0.2, 0.25) is 0 Å². The van der Waals surface area contributed by atoms with E-state index in [0.29, 0.717) is 0 Å². The molecule has 0 aromatic heterocycles. The van der Waals surface area contributed by atoms with Crippen LogP contribution in [0.15, 0.2) is 12.7 Å². The second-order valence-electron chi connectivity index (χ2n) is 7.52. The summed E-state index contributed by atoms with van der Waals surface area (Å²) in [6, 6.07) is 0.476. The van der Waals surface area contributed by atoms with Gasteiger partial charge >= 0.3 is 6.09 Å². The summed E-state index contributed by atoms with van der Waals surface area (Å²) in [5, 5.41) is 0. The predicted molar refractivity (Wildman–Crippen MR) is 79.2 cm³/mol. The van der Waals surface area contributed by atoms with Crippen molar-refractivity contribution in [3.8, 4) is 0 Å². The highest BCUT2D eigenvalue weighted by Gasteiger charge is 2.43. The topological polar surface area (TPSA) is 29.5 Å². The number of rotatable bonds is 2. The van der Waals surface area contributed by atoms with Gasteiger partial charge in [-0.05, 0) is 45.4 Å². The minimum atomic E-state index is -0.444. The summed E-state index contributed by atoms with van der Waals surface area (Å²) in [4.78, 5) is 14.4. The molecule has 2 atom stereocenters. The molecule has 0 aromatic rings. The molecule has 0 bridgehead atoms. The lowest BCUT2D eigenvalue weighted by atomic mass is 9.85. The fourth-order valence-corrected chi connectivity index (χ4v) is 2.75. The number of hydrogen-bond acceptors (Lipinski definition) is 2. The third kappa shape index (κ3) is 4.26. The Kier molecular flexibility index (Phi) is 4.70. The summed E-state index contributed by atoms with van der Waals surface area (Å²) in [5.41, 5.74) is -0.367. The Balaban J connectivity index is 2.92. The zero-order valence-electron chi connectivity index (χ0n) is 13.3. The summed E-state index contributed by atoms with van der Waals surface area (Å²) in [6.45, 7) is 16.1. The van der Waals surface area contributed by atoms with Crippen LogP contribution in [0.1, 0.15) is 60.8 Å². The van der Waals surface area contributed by atoms with Crippen LogP contribution in [0.5, 0.6) is 0 Å². The molecule has 0 N–H and O–H groups in total. The van der Waals surface area contributed by atoms with Gasteiger partial charge in [-0.25, -0.2) is 4.79 Å². The van der Waals surface area contributed by atoms with E-state index in [0.717, 1.165) is 19.3 Å². The lowest BCUT2D eigenvalue weighted by molar-refractivity contribution is 0.00316. The van der Waals surface area contributed by atoms with E-state index in [9.17, 15) is 4.79 Å². The molecule has 1 amide bonds. The molecule has 110 valence electrons. The highest BCUT2D eigenvalue weighted by atomic mass is 16.6.